The second-order valence-corrected chi connectivity index (χ2v) is 7.19. The summed E-state index contributed by atoms with van der Waals surface area (Å²) < 4.78 is 5.67. The van der Waals surface area contributed by atoms with Crippen molar-refractivity contribution in [3.05, 3.63) is 30.3 Å². The maximum Gasteiger partial charge on any atom is 0.157 e. The third kappa shape index (κ3) is 3.94. The molecule has 1 aliphatic heterocycles. The van der Waals surface area contributed by atoms with Gasteiger partial charge in [-0.15, -0.1) is 0 Å². The average Bonchev–Trinajstić information content (AvgIpc) is 2.91. The number of aliphatic imine (C=N–C) groups is 1. The van der Waals surface area contributed by atoms with Gasteiger partial charge in [0.05, 0.1) is 6.54 Å². The molecule has 2 aliphatic rings. The van der Waals surface area contributed by atoms with Crippen LogP contribution in [0, 0.1) is 5.92 Å². The van der Waals surface area contributed by atoms with Crippen LogP contribution in [0.3, 0.4) is 0 Å². The number of para-hydroxylation sites is 1. The maximum atomic E-state index is 5.67. The highest BCUT2D eigenvalue weighted by atomic mass is 32.2. The lowest BCUT2D eigenvalue weighted by molar-refractivity contribution is 0.250. The van der Waals surface area contributed by atoms with Crippen molar-refractivity contribution < 1.29 is 4.74 Å². The number of ether oxygens (including phenoxy) is 1. The van der Waals surface area contributed by atoms with Crippen LogP contribution in [0.2, 0.25) is 0 Å². The highest BCUT2D eigenvalue weighted by Crippen LogP contribution is 2.38. The van der Waals surface area contributed by atoms with E-state index in [0.29, 0.717) is 12.1 Å². The Hall–Kier alpha value is -1.16. The van der Waals surface area contributed by atoms with Crippen LogP contribution in [-0.2, 0) is 0 Å². The van der Waals surface area contributed by atoms with Gasteiger partial charge in [0.1, 0.15) is 12.4 Å². The summed E-state index contributed by atoms with van der Waals surface area (Å²) in [4.78, 5) is 4.65. The normalized spacial score (nSPS) is 30.5. The van der Waals surface area contributed by atoms with Crippen LogP contribution in [-0.4, -0.2) is 29.6 Å². The lowest BCUT2D eigenvalue weighted by Crippen LogP contribution is -2.46. The first-order valence-electron chi connectivity index (χ1n) is 7.89. The molecule has 1 aliphatic carbocycles. The van der Waals surface area contributed by atoms with Gasteiger partial charge in [0.2, 0.25) is 0 Å². The predicted octanol–water partition coefficient (Wildman–Crippen LogP) is 3.71. The van der Waals surface area contributed by atoms with Crippen molar-refractivity contribution in [2.45, 2.75) is 38.1 Å². The second kappa shape index (κ2) is 6.73. The molecular weight excluding hydrogens is 280 g/mol. The predicted molar refractivity (Wildman–Crippen MR) is 90.2 cm³/mol. The van der Waals surface area contributed by atoms with Crippen molar-refractivity contribution in [1.82, 2.24) is 5.32 Å². The molecule has 1 aromatic rings. The van der Waals surface area contributed by atoms with Gasteiger partial charge in [0.15, 0.2) is 5.17 Å². The van der Waals surface area contributed by atoms with E-state index in [0.717, 1.165) is 23.4 Å². The summed E-state index contributed by atoms with van der Waals surface area (Å²) in [5.41, 5.74) is 0.330. The van der Waals surface area contributed by atoms with E-state index >= 15 is 0 Å². The minimum atomic E-state index is 0.330. The van der Waals surface area contributed by atoms with Crippen LogP contribution in [0.25, 0.3) is 0 Å². The fraction of sp³-hybridized carbons (Fsp3) is 0.588. The van der Waals surface area contributed by atoms with Crippen molar-refractivity contribution in [3.8, 4) is 5.75 Å². The van der Waals surface area contributed by atoms with E-state index in [1.807, 2.05) is 42.1 Å². The van der Waals surface area contributed by atoms with Crippen LogP contribution in [0.4, 0.5) is 0 Å². The van der Waals surface area contributed by atoms with E-state index < -0.39 is 0 Å². The highest BCUT2D eigenvalue weighted by Gasteiger charge is 2.39. The number of nitrogens with one attached hydrogen (secondary N) is 1. The second-order valence-electron chi connectivity index (χ2n) is 6.22. The van der Waals surface area contributed by atoms with Crippen LogP contribution in [0.5, 0.6) is 5.75 Å². The number of hydrogen-bond acceptors (Lipinski definition) is 3. The lowest BCUT2D eigenvalue weighted by atomic mass is 9.78. The molecular formula is C17H24N2OS. The Balaban J connectivity index is 1.43. The summed E-state index contributed by atoms with van der Waals surface area (Å²) in [6.45, 7) is 3.72. The van der Waals surface area contributed by atoms with Crippen molar-refractivity contribution in [2.24, 2.45) is 10.9 Å². The van der Waals surface area contributed by atoms with Crippen molar-refractivity contribution in [3.63, 3.8) is 0 Å². The number of amidine groups is 1. The number of hydrogen-bond donors (Lipinski definition) is 1. The maximum absolute atomic E-state index is 5.67. The molecule has 0 unspecified atom stereocenters. The fourth-order valence-corrected chi connectivity index (χ4v) is 4.25. The molecule has 2 fully saturated rings. The van der Waals surface area contributed by atoms with Gasteiger partial charge < -0.3 is 10.1 Å². The van der Waals surface area contributed by atoms with Gasteiger partial charge in [0, 0.05) is 11.3 Å². The monoisotopic (exact) mass is 304 g/mol. The smallest absolute Gasteiger partial charge is 0.157 e. The van der Waals surface area contributed by atoms with Gasteiger partial charge in [-0.05, 0) is 43.7 Å². The molecule has 0 radical (unpaired) electrons. The van der Waals surface area contributed by atoms with Gasteiger partial charge >= 0.3 is 0 Å². The minimum Gasteiger partial charge on any atom is -0.492 e. The molecule has 21 heavy (non-hydrogen) atoms. The lowest BCUT2D eigenvalue weighted by Gasteiger charge is -2.35. The van der Waals surface area contributed by atoms with E-state index in [2.05, 4.69) is 17.2 Å². The molecule has 1 N–H and O–H groups in total. The van der Waals surface area contributed by atoms with Gasteiger partial charge in [-0.2, -0.15) is 0 Å². The van der Waals surface area contributed by atoms with Gasteiger partial charge in [-0.25, -0.2) is 0 Å². The summed E-state index contributed by atoms with van der Waals surface area (Å²) in [5, 5.41) is 4.80. The topological polar surface area (TPSA) is 33.6 Å². The molecule has 1 saturated heterocycles. The zero-order valence-electron chi connectivity index (χ0n) is 12.7. The first kappa shape index (κ1) is 14.8. The first-order valence-corrected chi connectivity index (χ1v) is 8.88. The zero-order valence-corrected chi connectivity index (χ0v) is 13.5. The van der Waals surface area contributed by atoms with Gasteiger partial charge in [0.25, 0.3) is 0 Å². The molecule has 114 valence electrons. The molecule has 0 aromatic heterocycles. The van der Waals surface area contributed by atoms with Crippen LogP contribution >= 0.6 is 11.8 Å². The Morgan fingerprint density at radius 3 is 2.81 bits per heavy atom. The molecule has 0 bridgehead atoms. The van der Waals surface area contributed by atoms with Gasteiger partial charge in [-0.1, -0.05) is 36.9 Å². The number of nitrogens with zero attached hydrogens (tertiary/aromatic N) is 1. The molecule has 3 rings (SSSR count). The average molecular weight is 304 g/mol. The Labute approximate surface area is 131 Å². The first-order chi connectivity index (χ1) is 10.3. The Morgan fingerprint density at radius 1 is 1.29 bits per heavy atom. The number of thioether (sulfide) groups is 1. The Bertz CT molecular complexity index is 481. The highest BCUT2D eigenvalue weighted by molar-refractivity contribution is 8.14. The summed E-state index contributed by atoms with van der Waals surface area (Å²) in [7, 11) is 0. The van der Waals surface area contributed by atoms with Crippen LogP contribution in [0.1, 0.15) is 32.6 Å². The summed E-state index contributed by atoms with van der Waals surface area (Å²) in [6.07, 6.45) is 5.28. The van der Waals surface area contributed by atoms with E-state index in [9.17, 15) is 0 Å². The van der Waals surface area contributed by atoms with E-state index in [-0.39, 0.29) is 0 Å². The molecule has 1 heterocycles. The standard InChI is InChI=1S/C17H24N2OS/c1-14-7-9-17(10-8-14)13-21-16(19-17)18-11-12-20-15-5-3-2-4-6-15/h2-6,14H,7-13H2,1H3,(H,18,19). The van der Waals surface area contributed by atoms with E-state index in [1.165, 1.54) is 31.4 Å². The number of rotatable bonds is 4. The molecule has 1 saturated carbocycles. The number of benzene rings is 1. The zero-order chi connectivity index (χ0) is 14.5. The third-order valence-corrected chi connectivity index (χ3v) is 5.65. The molecule has 0 atom stereocenters. The SMILES string of the molecule is CC1CCC2(CC1)CSC(=NCCOc1ccccc1)N2. The van der Waals surface area contributed by atoms with Crippen molar-refractivity contribution >= 4 is 16.9 Å². The van der Waals surface area contributed by atoms with E-state index in [1.54, 1.807) is 0 Å². The van der Waals surface area contributed by atoms with Crippen LogP contribution in [0.15, 0.2) is 35.3 Å². The Kier molecular flexibility index (Phi) is 4.73. The summed E-state index contributed by atoms with van der Waals surface area (Å²) in [6, 6.07) is 9.94. The van der Waals surface area contributed by atoms with Gasteiger partial charge in [-0.3, -0.25) is 4.99 Å². The fourth-order valence-electron chi connectivity index (χ4n) is 3.00. The quantitative estimate of drug-likeness (QED) is 0.861. The summed E-state index contributed by atoms with van der Waals surface area (Å²) >= 11 is 1.88. The molecule has 3 nitrogen and oxygen atoms in total. The van der Waals surface area contributed by atoms with Crippen LogP contribution < -0.4 is 10.1 Å². The molecule has 1 aromatic carbocycles. The summed E-state index contributed by atoms with van der Waals surface area (Å²) in [5.74, 6) is 2.99. The Morgan fingerprint density at radius 2 is 2.05 bits per heavy atom. The molecule has 0 amide bonds. The van der Waals surface area contributed by atoms with Crippen molar-refractivity contribution in [2.75, 3.05) is 18.9 Å². The third-order valence-electron chi connectivity index (χ3n) is 4.45. The van der Waals surface area contributed by atoms with E-state index in [4.69, 9.17) is 4.74 Å². The molecule has 1 spiro atoms. The largest absolute Gasteiger partial charge is 0.492 e. The van der Waals surface area contributed by atoms with Crippen molar-refractivity contribution in [1.29, 1.82) is 0 Å². The minimum absolute atomic E-state index is 0.330. The molecule has 4 heteroatoms.